The average Bonchev–Trinajstić information content (AvgIpc) is 2.85. The average molecular weight is 472 g/mol. The number of nitrogens with one attached hydrogen (secondary N) is 1. The van der Waals surface area contributed by atoms with Crippen LogP contribution in [0.1, 0.15) is 63.8 Å². The van der Waals surface area contributed by atoms with Gasteiger partial charge in [-0.05, 0) is 63.5 Å². The summed E-state index contributed by atoms with van der Waals surface area (Å²) in [6, 6.07) is 3.86. The summed E-state index contributed by atoms with van der Waals surface area (Å²) in [6.45, 7) is 8.84. The van der Waals surface area contributed by atoms with Gasteiger partial charge in [0.25, 0.3) is 0 Å². The number of nitrogens with two attached hydrogens (primary N) is 2. The second-order valence-electron chi connectivity index (χ2n) is 8.27. The van der Waals surface area contributed by atoms with Crippen molar-refractivity contribution in [1.82, 2.24) is 15.3 Å². The summed E-state index contributed by atoms with van der Waals surface area (Å²) in [5, 5.41) is 4.60. The Labute approximate surface area is 204 Å². The van der Waals surface area contributed by atoms with E-state index in [0.29, 0.717) is 36.3 Å². The molecule has 9 nitrogen and oxygen atoms in total. The Balaban J connectivity index is 2.23. The van der Waals surface area contributed by atoms with Gasteiger partial charge in [-0.25, -0.2) is 10.8 Å². The van der Waals surface area contributed by atoms with Crippen molar-refractivity contribution in [3.8, 4) is 5.75 Å². The maximum absolute atomic E-state index is 6.52. The van der Waals surface area contributed by atoms with Crippen LogP contribution in [0, 0.1) is 0 Å². The van der Waals surface area contributed by atoms with Crippen molar-refractivity contribution in [2.24, 2.45) is 21.6 Å². The first-order chi connectivity index (χ1) is 16.5. The maximum atomic E-state index is 6.52. The quantitative estimate of drug-likeness (QED) is 0.101. The lowest BCUT2D eigenvalue weighted by Gasteiger charge is -2.24. The van der Waals surface area contributed by atoms with Gasteiger partial charge >= 0.3 is 0 Å². The molecule has 0 radical (unpaired) electrons. The van der Waals surface area contributed by atoms with Gasteiger partial charge in [-0.3, -0.25) is 9.98 Å². The van der Waals surface area contributed by atoms with E-state index >= 15 is 0 Å². The minimum Gasteiger partial charge on any atom is -0.489 e. The molecule has 0 atom stereocenters. The normalized spacial score (nSPS) is 15.8. The zero-order chi connectivity index (χ0) is 24.8. The molecule has 9 heteroatoms. The van der Waals surface area contributed by atoms with Crippen LogP contribution in [0.4, 0.5) is 0 Å². The molecule has 1 saturated carbocycles. The van der Waals surface area contributed by atoms with Crippen LogP contribution in [0.5, 0.6) is 5.75 Å². The smallest absolute Gasteiger partial charge is 0.141 e. The van der Waals surface area contributed by atoms with Crippen LogP contribution in [0.25, 0.3) is 5.70 Å². The number of pyridine rings is 1. The summed E-state index contributed by atoms with van der Waals surface area (Å²) in [5.41, 5.74) is 9.18. The first kappa shape index (κ1) is 27.3. The third kappa shape index (κ3) is 8.79. The van der Waals surface area contributed by atoms with Crippen molar-refractivity contribution in [2.75, 3.05) is 26.9 Å². The predicted molar refractivity (Wildman–Crippen MR) is 139 cm³/mol. The summed E-state index contributed by atoms with van der Waals surface area (Å²) >= 11 is 0. The molecule has 0 unspecified atom stereocenters. The number of rotatable bonds is 13. The second-order valence-corrected chi connectivity index (χ2v) is 8.27. The van der Waals surface area contributed by atoms with Crippen molar-refractivity contribution >= 4 is 18.3 Å². The highest BCUT2D eigenvalue weighted by Gasteiger charge is 2.18. The molecule has 0 aliphatic heterocycles. The molecule has 34 heavy (non-hydrogen) atoms. The number of ether oxygens (including phenoxy) is 2. The van der Waals surface area contributed by atoms with E-state index in [0.717, 1.165) is 37.1 Å². The summed E-state index contributed by atoms with van der Waals surface area (Å²) in [7, 11) is 1.73. The van der Waals surface area contributed by atoms with Crippen LogP contribution in [0.15, 0.2) is 40.1 Å². The number of amidine groups is 1. The molecular weight excluding hydrogens is 430 g/mol. The fraction of sp³-hybridized carbons (Fsp3) is 0.560. The van der Waals surface area contributed by atoms with E-state index in [9.17, 15) is 0 Å². The Bertz CT molecular complexity index is 859. The zero-order valence-corrected chi connectivity index (χ0v) is 20.9. The second kappa shape index (κ2) is 15.1. The number of likely N-dealkylation sites (N-methyl/N-ethyl adjacent to an activating group) is 1. The van der Waals surface area contributed by atoms with E-state index in [4.69, 9.17) is 26.0 Å². The van der Waals surface area contributed by atoms with Crippen molar-refractivity contribution in [3.05, 3.63) is 41.5 Å². The molecule has 0 amide bonds. The van der Waals surface area contributed by atoms with Crippen LogP contribution in [0.3, 0.4) is 0 Å². The summed E-state index contributed by atoms with van der Waals surface area (Å²) < 4.78 is 11.8. The third-order valence-electron chi connectivity index (χ3n) is 5.57. The standard InChI is InChI=1S/C25H41N7O2/c1-5-16-33-18-30-24(14-15-28-3)29-17-22(32(4)27)25(26)21-12-13-23(20(6-2)31-21)34-19-10-8-7-9-11-19/h12-15,19H,3,5-11,16-18,26-27H2,1-2,4H3,(H,29,30)/b15-14-,25-22-. The van der Waals surface area contributed by atoms with Gasteiger partial charge in [-0.15, -0.1) is 0 Å². The van der Waals surface area contributed by atoms with E-state index in [-0.39, 0.29) is 12.6 Å². The van der Waals surface area contributed by atoms with Crippen LogP contribution in [-0.2, 0) is 11.2 Å². The van der Waals surface area contributed by atoms with E-state index in [1.165, 1.54) is 24.3 Å². The summed E-state index contributed by atoms with van der Waals surface area (Å²) in [4.78, 5) is 13.1. The molecule has 0 spiro atoms. The van der Waals surface area contributed by atoms with E-state index in [1.54, 1.807) is 19.3 Å². The molecular formula is C25H41N7O2. The minimum absolute atomic E-state index is 0.250. The third-order valence-corrected chi connectivity index (χ3v) is 5.57. The topological polar surface area (TPSA) is 123 Å². The lowest BCUT2D eigenvalue weighted by atomic mass is 9.98. The van der Waals surface area contributed by atoms with Gasteiger partial charge in [-0.2, -0.15) is 0 Å². The van der Waals surface area contributed by atoms with Crippen LogP contribution in [0.2, 0.25) is 0 Å². The summed E-state index contributed by atoms with van der Waals surface area (Å²) in [6.07, 6.45) is 11.2. The van der Waals surface area contributed by atoms with Crippen molar-refractivity contribution < 1.29 is 9.47 Å². The van der Waals surface area contributed by atoms with Gasteiger partial charge in [0.15, 0.2) is 0 Å². The number of aryl methyl sites for hydroxylation is 1. The molecule has 1 aliphatic rings. The number of nitrogens with zero attached hydrogens (tertiary/aromatic N) is 4. The van der Waals surface area contributed by atoms with Crippen LogP contribution >= 0.6 is 0 Å². The monoisotopic (exact) mass is 471 g/mol. The SMILES string of the molecule is C=N/C=C\C(=NC/C(=C(/N)c1ccc(OC2CCCCC2)c(CC)n1)N(C)N)NCOCCC. The zero-order valence-electron chi connectivity index (χ0n) is 20.9. The minimum atomic E-state index is 0.250. The highest BCUT2D eigenvalue weighted by atomic mass is 16.5. The molecule has 1 aromatic rings. The fourth-order valence-corrected chi connectivity index (χ4v) is 3.69. The number of hydrogen-bond donors (Lipinski definition) is 3. The van der Waals surface area contributed by atoms with E-state index in [2.05, 4.69) is 35.9 Å². The molecule has 188 valence electrons. The highest BCUT2D eigenvalue weighted by Crippen LogP contribution is 2.27. The van der Waals surface area contributed by atoms with E-state index in [1.807, 2.05) is 12.1 Å². The predicted octanol–water partition coefficient (Wildman–Crippen LogP) is 3.37. The van der Waals surface area contributed by atoms with Gasteiger partial charge in [-0.1, -0.05) is 20.3 Å². The van der Waals surface area contributed by atoms with Gasteiger partial charge in [0.1, 0.15) is 18.3 Å². The Morgan fingerprint density at radius 1 is 1.29 bits per heavy atom. The molecule has 1 aliphatic carbocycles. The Morgan fingerprint density at radius 2 is 2.06 bits per heavy atom. The fourth-order valence-electron chi connectivity index (χ4n) is 3.69. The first-order valence-corrected chi connectivity index (χ1v) is 12.1. The summed E-state index contributed by atoms with van der Waals surface area (Å²) in [5.74, 6) is 7.54. The Hall–Kier alpha value is -2.91. The molecule has 1 heterocycles. The molecule has 1 fully saturated rings. The highest BCUT2D eigenvalue weighted by molar-refractivity contribution is 5.93. The lowest BCUT2D eigenvalue weighted by Crippen LogP contribution is -2.31. The van der Waals surface area contributed by atoms with E-state index < -0.39 is 0 Å². The molecule has 0 bridgehead atoms. The number of aliphatic imine (C=N–C) groups is 2. The lowest BCUT2D eigenvalue weighted by molar-refractivity contribution is 0.130. The molecule has 1 aromatic heterocycles. The Morgan fingerprint density at radius 3 is 2.71 bits per heavy atom. The number of hydrogen-bond acceptors (Lipinski definition) is 8. The largest absolute Gasteiger partial charge is 0.489 e. The Kier molecular flexibility index (Phi) is 12.1. The van der Waals surface area contributed by atoms with Crippen molar-refractivity contribution in [3.63, 3.8) is 0 Å². The van der Waals surface area contributed by atoms with Gasteiger partial charge in [0.2, 0.25) is 0 Å². The van der Waals surface area contributed by atoms with Gasteiger partial charge < -0.3 is 25.5 Å². The molecule has 5 N–H and O–H groups in total. The van der Waals surface area contributed by atoms with Crippen LogP contribution < -0.4 is 21.6 Å². The molecule has 0 aromatic carbocycles. The maximum Gasteiger partial charge on any atom is 0.141 e. The number of aromatic nitrogens is 1. The van der Waals surface area contributed by atoms with Gasteiger partial charge in [0.05, 0.1) is 35.4 Å². The molecule has 0 saturated heterocycles. The molecule has 2 rings (SSSR count). The van der Waals surface area contributed by atoms with Crippen molar-refractivity contribution in [2.45, 2.75) is 64.9 Å². The van der Waals surface area contributed by atoms with Crippen molar-refractivity contribution in [1.29, 1.82) is 0 Å². The number of hydrazine groups is 1. The van der Waals surface area contributed by atoms with Gasteiger partial charge in [0, 0.05) is 19.9 Å². The first-order valence-electron chi connectivity index (χ1n) is 12.1. The van der Waals surface area contributed by atoms with Crippen LogP contribution in [-0.4, -0.2) is 55.6 Å².